The zero-order valence-electron chi connectivity index (χ0n) is 13.7. The highest BCUT2D eigenvalue weighted by Crippen LogP contribution is 2.14. The number of nitrogens with one attached hydrogen (secondary N) is 2. The normalized spacial score (nSPS) is 14.6. The number of aromatic nitrogens is 4. The van der Waals surface area contributed by atoms with Crippen LogP contribution < -0.4 is 16.0 Å². The van der Waals surface area contributed by atoms with Crippen molar-refractivity contribution in [3.63, 3.8) is 0 Å². The van der Waals surface area contributed by atoms with Gasteiger partial charge in [0.05, 0.1) is 5.75 Å². The molecule has 0 saturated carbocycles. The van der Waals surface area contributed by atoms with E-state index in [1.807, 2.05) is 4.90 Å². The summed E-state index contributed by atoms with van der Waals surface area (Å²) < 4.78 is 0. The van der Waals surface area contributed by atoms with E-state index in [0.29, 0.717) is 42.8 Å². The number of amides is 1. The van der Waals surface area contributed by atoms with E-state index in [4.69, 9.17) is 0 Å². The van der Waals surface area contributed by atoms with Crippen LogP contribution in [0.4, 0.5) is 5.82 Å². The molecular formula is C15H18N6O3S. The van der Waals surface area contributed by atoms with Crippen LogP contribution in [0.25, 0.3) is 0 Å². The summed E-state index contributed by atoms with van der Waals surface area (Å²) in [6.07, 6.45) is 3.03. The fourth-order valence-corrected chi connectivity index (χ4v) is 3.40. The van der Waals surface area contributed by atoms with Gasteiger partial charge >= 0.3 is 0 Å². The maximum atomic E-state index is 12.3. The maximum Gasteiger partial charge on any atom is 0.290 e. The van der Waals surface area contributed by atoms with E-state index in [1.54, 1.807) is 18.0 Å². The van der Waals surface area contributed by atoms with Crippen molar-refractivity contribution in [1.29, 1.82) is 0 Å². The number of H-pyrrole nitrogens is 2. The van der Waals surface area contributed by atoms with Crippen LogP contribution in [0.3, 0.4) is 0 Å². The number of carbonyl (C=O) groups excluding carboxylic acids is 1. The van der Waals surface area contributed by atoms with Gasteiger partial charge in [0.25, 0.3) is 11.1 Å². The molecule has 1 amide bonds. The second kappa shape index (κ2) is 7.51. The minimum Gasteiger partial charge on any atom is -0.348 e. The molecule has 1 fully saturated rings. The maximum absolute atomic E-state index is 12.3. The van der Waals surface area contributed by atoms with Crippen LogP contribution in [-0.4, -0.2) is 62.7 Å². The average molecular weight is 362 g/mol. The Kier molecular flexibility index (Phi) is 5.17. The molecule has 0 unspecified atom stereocenters. The Bertz CT molecular complexity index is 872. The molecule has 0 spiro atoms. The topological polar surface area (TPSA) is 115 Å². The van der Waals surface area contributed by atoms with Crippen LogP contribution in [0.5, 0.6) is 0 Å². The zero-order chi connectivity index (χ0) is 17.8. The van der Waals surface area contributed by atoms with E-state index >= 15 is 0 Å². The first-order chi connectivity index (χ1) is 12.0. The lowest BCUT2D eigenvalue weighted by atomic mass is 10.3. The second-order valence-corrected chi connectivity index (χ2v) is 6.55. The molecule has 3 rings (SSSR count). The zero-order valence-corrected chi connectivity index (χ0v) is 14.5. The van der Waals surface area contributed by atoms with E-state index in [-0.39, 0.29) is 22.8 Å². The van der Waals surface area contributed by atoms with Gasteiger partial charge < -0.3 is 19.8 Å². The summed E-state index contributed by atoms with van der Waals surface area (Å²) in [6, 6.07) is 1.41. The number of piperazine rings is 1. The predicted molar refractivity (Wildman–Crippen MR) is 94.0 cm³/mol. The summed E-state index contributed by atoms with van der Waals surface area (Å²) in [5.41, 5.74) is 0.164. The van der Waals surface area contributed by atoms with Crippen molar-refractivity contribution >= 4 is 23.5 Å². The highest BCUT2D eigenvalue weighted by molar-refractivity contribution is 7.99. The van der Waals surface area contributed by atoms with Crippen LogP contribution in [0.1, 0.15) is 5.69 Å². The van der Waals surface area contributed by atoms with Crippen molar-refractivity contribution in [2.45, 2.75) is 12.1 Å². The van der Waals surface area contributed by atoms with Crippen molar-refractivity contribution in [2.24, 2.45) is 0 Å². The van der Waals surface area contributed by atoms with Crippen LogP contribution in [0.2, 0.25) is 0 Å². The molecule has 0 aliphatic carbocycles. The number of aryl methyl sites for hydroxylation is 1. The number of anilines is 1. The van der Waals surface area contributed by atoms with Crippen LogP contribution in [0, 0.1) is 6.92 Å². The quantitative estimate of drug-likeness (QED) is 0.562. The van der Waals surface area contributed by atoms with Gasteiger partial charge in [-0.3, -0.25) is 14.4 Å². The van der Waals surface area contributed by atoms with Gasteiger partial charge in [0.1, 0.15) is 0 Å². The summed E-state index contributed by atoms with van der Waals surface area (Å²) in [5.74, 6) is 0.561. The molecule has 0 bridgehead atoms. The molecule has 3 heterocycles. The standard InChI is InChI=1S/C15H18N6O3S/c1-10-8-11(22)19-15(18-10)25-9-12(23)20-4-6-21(7-5-20)13-14(24)17-3-2-16-13/h2-3,8H,4-7,9H2,1H3,(H,17,24)(H,18,19,22). The molecule has 2 aromatic rings. The lowest BCUT2D eigenvalue weighted by molar-refractivity contribution is -0.128. The molecule has 10 heteroatoms. The van der Waals surface area contributed by atoms with Crippen molar-refractivity contribution in [3.8, 4) is 0 Å². The first-order valence-electron chi connectivity index (χ1n) is 7.80. The third-order valence-electron chi connectivity index (χ3n) is 3.80. The average Bonchev–Trinajstić information content (AvgIpc) is 2.59. The number of nitrogens with zero attached hydrogens (tertiary/aromatic N) is 4. The number of thioether (sulfide) groups is 1. The molecule has 2 N–H and O–H groups in total. The Hall–Kier alpha value is -2.62. The van der Waals surface area contributed by atoms with Crippen molar-refractivity contribution in [2.75, 3.05) is 36.8 Å². The Morgan fingerprint density at radius 1 is 1.28 bits per heavy atom. The van der Waals surface area contributed by atoms with E-state index < -0.39 is 0 Å². The molecule has 9 nitrogen and oxygen atoms in total. The molecule has 0 atom stereocenters. The van der Waals surface area contributed by atoms with Crippen LogP contribution in [0.15, 0.2) is 33.2 Å². The Morgan fingerprint density at radius 2 is 2.04 bits per heavy atom. The summed E-state index contributed by atoms with van der Waals surface area (Å²) >= 11 is 1.21. The van der Waals surface area contributed by atoms with E-state index in [9.17, 15) is 14.4 Å². The number of hydrogen-bond donors (Lipinski definition) is 2. The lowest BCUT2D eigenvalue weighted by Crippen LogP contribution is -2.50. The van der Waals surface area contributed by atoms with E-state index in [2.05, 4.69) is 19.9 Å². The van der Waals surface area contributed by atoms with Gasteiger partial charge in [-0.15, -0.1) is 0 Å². The molecule has 1 aliphatic heterocycles. The molecule has 132 valence electrons. The lowest BCUT2D eigenvalue weighted by Gasteiger charge is -2.34. The highest BCUT2D eigenvalue weighted by atomic mass is 32.2. The summed E-state index contributed by atoms with van der Waals surface area (Å²) in [4.78, 5) is 52.6. The van der Waals surface area contributed by atoms with Gasteiger partial charge in [-0.25, -0.2) is 9.97 Å². The first-order valence-corrected chi connectivity index (χ1v) is 8.78. The molecule has 0 aromatic carbocycles. The first kappa shape index (κ1) is 17.2. The number of rotatable bonds is 4. The van der Waals surface area contributed by atoms with Gasteiger partial charge in [-0.1, -0.05) is 11.8 Å². The third kappa shape index (κ3) is 4.27. The fraction of sp³-hybridized carbons (Fsp3) is 0.400. The van der Waals surface area contributed by atoms with Crippen LogP contribution >= 0.6 is 11.8 Å². The number of hydrogen-bond acceptors (Lipinski definition) is 7. The van der Waals surface area contributed by atoms with Crippen molar-refractivity contribution in [1.82, 2.24) is 24.8 Å². The summed E-state index contributed by atoms with van der Waals surface area (Å²) in [6.45, 7) is 3.88. The van der Waals surface area contributed by atoms with Gasteiger partial charge in [0, 0.05) is 50.3 Å². The largest absolute Gasteiger partial charge is 0.348 e. The SMILES string of the molecule is Cc1cc(=O)[nH]c(SCC(=O)N2CCN(c3ncc[nH]c3=O)CC2)n1. The van der Waals surface area contributed by atoms with Gasteiger partial charge in [0.2, 0.25) is 5.91 Å². The number of carbonyl (C=O) groups is 1. The van der Waals surface area contributed by atoms with E-state index in [0.717, 1.165) is 0 Å². The second-order valence-electron chi connectivity index (χ2n) is 5.59. The Labute approximate surface area is 147 Å². The monoisotopic (exact) mass is 362 g/mol. The van der Waals surface area contributed by atoms with Crippen molar-refractivity contribution < 1.29 is 4.79 Å². The molecular weight excluding hydrogens is 344 g/mol. The van der Waals surface area contributed by atoms with Crippen molar-refractivity contribution in [3.05, 3.63) is 44.9 Å². The van der Waals surface area contributed by atoms with Gasteiger partial charge in [-0.05, 0) is 6.92 Å². The molecule has 2 aromatic heterocycles. The minimum absolute atomic E-state index is 0.0243. The summed E-state index contributed by atoms with van der Waals surface area (Å²) in [7, 11) is 0. The minimum atomic E-state index is -0.229. The highest BCUT2D eigenvalue weighted by Gasteiger charge is 2.23. The fourth-order valence-electron chi connectivity index (χ4n) is 2.58. The molecule has 0 radical (unpaired) electrons. The van der Waals surface area contributed by atoms with E-state index in [1.165, 1.54) is 24.0 Å². The van der Waals surface area contributed by atoms with Gasteiger partial charge in [0.15, 0.2) is 11.0 Å². The van der Waals surface area contributed by atoms with Gasteiger partial charge in [-0.2, -0.15) is 0 Å². The molecule has 1 aliphatic rings. The molecule has 1 saturated heterocycles. The smallest absolute Gasteiger partial charge is 0.290 e. The predicted octanol–water partition coefficient (Wildman–Crippen LogP) is -0.397. The number of aromatic amines is 2. The Balaban J connectivity index is 1.54. The summed E-state index contributed by atoms with van der Waals surface area (Å²) in [5, 5.41) is 0.442. The Morgan fingerprint density at radius 3 is 2.72 bits per heavy atom. The van der Waals surface area contributed by atoms with Crippen LogP contribution in [-0.2, 0) is 4.79 Å². The molecule has 25 heavy (non-hydrogen) atoms. The third-order valence-corrected chi connectivity index (χ3v) is 4.66.